The summed E-state index contributed by atoms with van der Waals surface area (Å²) in [6, 6.07) is 3.85. The second-order valence-corrected chi connectivity index (χ2v) is 7.75. The lowest BCUT2D eigenvalue weighted by Crippen LogP contribution is -2.10. The van der Waals surface area contributed by atoms with E-state index in [2.05, 4.69) is 9.99 Å². The SMILES string of the molecule is C/C=C/COc1cc(C)c(OC/C=C/CS(=O)(=O)C/C=N/OC)c(C)c1. The number of oxime groups is 1. The molecule has 0 fully saturated rings. The third kappa shape index (κ3) is 8.20. The maximum Gasteiger partial charge on any atom is 0.159 e. The molecule has 1 rings (SSSR count). The van der Waals surface area contributed by atoms with Crippen molar-refractivity contribution in [3.8, 4) is 11.5 Å². The minimum Gasteiger partial charge on any atom is -0.490 e. The smallest absolute Gasteiger partial charge is 0.159 e. The average molecular weight is 381 g/mol. The summed E-state index contributed by atoms with van der Waals surface area (Å²) in [6.45, 7) is 6.68. The monoisotopic (exact) mass is 381 g/mol. The molecule has 0 aromatic heterocycles. The summed E-state index contributed by atoms with van der Waals surface area (Å²) < 4.78 is 34.9. The van der Waals surface area contributed by atoms with Gasteiger partial charge in [0.1, 0.15) is 31.8 Å². The number of hydrogen-bond donors (Lipinski definition) is 0. The van der Waals surface area contributed by atoms with E-state index in [4.69, 9.17) is 9.47 Å². The molecule has 144 valence electrons. The first-order valence-corrected chi connectivity index (χ1v) is 10.1. The van der Waals surface area contributed by atoms with Crippen LogP contribution in [0.2, 0.25) is 0 Å². The van der Waals surface area contributed by atoms with Crippen LogP contribution in [0.15, 0.2) is 41.6 Å². The van der Waals surface area contributed by atoms with Gasteiger partial charge in [-0.05, 0) is 44.0 Å². The van der Waals surface area contributed by atoms with Crippen molar-refractivity contribution >= 4 is 16.1 Å². The summed E-state index contributed by atoms with van der Waals surface area (Å²) in [5, 5.41) is 3.42. The Balaban J connectivity index is 2.55. The van der Waals surface area contributed by atoms with Crippen LogP contribution in [-0.2, 0) is 14.7 Å². The molecule has 0 saturated heterocycles. The van der Waals surface area contributed by atoms with Crippen LogP contribution in [0.4, 0.5) is 0 Å². The molecule has 0 atom stereocenters. The Morgan fingerprint density at radius 1 is 1.00 bits per heavy atom. The van der Waals surface area contributed by atoms with Crippen LogP contribution in [0.1, 0.15) is 18.1 Å². The van der Waals surface area contributed by atoms with Crippen LogP contribution in [0.3, 0.4) is 0 Å². The van der Waals surface area contributed by atoms with Gasteiger partial charge in [0.15, 0.2) is 9.84 Å². The molecule has 0 N–H and O–H groups in total. The Bertz CT molecular complexity index is 728. The summed E-state index contributed by atoms with van der Waals surface area (Å²) in [6.07, 6.45) is 8.38. The van der Waals surface area contributed by atoms with E-state index in [-0.39, 0.29) is 11.5 Å². The zero-order valence-corrected chi connectivity index (χ0v) is 16.6. The Morgan fingerprint density at radius 2 is 1.65 bits per heavy atom. The normalized spacial score (nSPS) is 12.3. The van der Waals surface area contributed by atoms with E-state index in [1.54, 1.807) is 12.2 Å². The van der Waals surface area contributed by atoms with Gasteiger partial charge in [0.05, 0.1) is 17.7 Å². The van der Waals surface area contributed by atoms with Crippen molar-refractivity contribution < 1.29 is 22.7 Å². The van der Waals surface area contributed by atoms with Crippen molar-refractivity contribution in [2.75, 3.05) is 31.8 Å². The van der Waals surface area contributed by atoms with E-state index in [1.165, 1.54) is 13.3 Å². The maximum absolute atomic E-state index is 11.7. The molecule has 7 heteroatoms. The summed E-state index contributed by atoms with van der Waals surface area (Å²) in [7, 11) is -1.86. The molecule has 6 nitrogen and oxygen atoms in total. The quantitative estimate of drug-likeness (QED) is 0.334. The van der Waals surface area contributed by atoms with E-state index in [9.17, 15) is 8.42 Å². The fourth-order valence-corrected chi connectivity index (χ4v) is 3.02. The van der Waals surface area contributed by atoms with Crippen molar-refractivity contribution in [1.29, 1.82) is 0 Å². The standard InChI is InChI=1S/C19H27NO5S/c1-5-6-10-24-18-14-16(2)19(17(3)15-18)25-11-7-8-12-26(21,22)13-9-20-23-4/h5-9,14-15H,10-13H2,1-4H3/b6-5+,8-7+,20-9+. The number of rotatable bonds is 11. The fourth-order valence-electron chi connectivity index (χ4n) is 2.16. The minimum absolute atomic E-state index is 0.0677. The molecule has 0 aliphatic rings. The van der Waals surface area contributed by atoms with Crippen LogP contribution in [0.5, 0.6) is 11.5 Å². The highest BCUT2D eigenvalue weighted by Gasteiger charge is 2.08. The van der Waals surface area contributed by atoms with Gasteiger partial charge in [0.2, 0.25) is 0 Å². The number of hydrogen-bond acceptors (Lipinski definition) is 6. The van der Waals surface area contributed by atoms with Gasteiger partial charge in [-0.25, -0.2) is 8.42 Å². The lowest BCUT2D eigenvalue weighted by Gasteiger charge is -2.13. The molecule has 26 heavy (non-hydrogen) atoms. The number of aryl methyl sites for hydroxylation is 2. The summed E-state index contributed by atoms with van der Waals surface area (Å²) in [5.74, 6) is 1.36. The molecule has 0 aliphatic carbocycles. The number of benzene rings is 1. The molecule has 0 saturated carbocycles. The van der Waals surface area contributed by atoms with Crippen LogP contribution < -0.4 is 9.47 Å². The van der Waals surface area contributed by atoms with Gasteiger partial charge >= 0.3 is 0 Å². The molecule has 0 radical (unpaired) electrons. The Labute approximate surface area is 156 Å². The van der Waals surface area contributed by atoms with Crippen molar-refractivity contribution in [3.63, 3.8) is 0 Å². The summed E-state index contributed by atoms with van der Waals surface area (Å²) in [4.78, 5) is 4.44. The molecule has 0 bridgehead atoms. The van der Waals surface area contributed by atoms with Crippen LogP contribution in [-0.4, -0.2) is 46.5 Å². The Morgan fingerprint density at radius 3 is 2.27 bits per heavy atom. The predicted molar refractivity (Wildman–Crippen MR) is 105 cm³/mol. The summed E-state index contributed by atoms with van der Waals surface area (Å²) >= 11 is 0. The molecule has 0 amide bonds. The molecule has 1 aromatic rings. The second-order valence-electron chi connectivity index (χ2n) is 5.60. The first kappa shape index (κ1) is 21.8. The van der Waals surface area contributed by atoms with Crippen LogP contribution in [0.25, 0.3) is 0 Å². The molecular weight excluding hydrogens is 354 g/mol. The topological polar surface area (TPSA) is 74.2 Å². The number of ether oxygens (including phenoxy) is 2. The minimum atomic E-state index is -3.23. The molecule has 0 spiro atoms. The van der Waals surface area contributed by atoms with Gasteiger partial charge in [0.25, 0.3) is 0 Å². The lowest BCUT2D eigenvalue weighted by atomic mass is 10.1. The molecule has 1 aromatic carbocycles. The van der Waals surface area contributed by atoms with Crippen LogP contribution in [0, 0.1) is 13.8 Å². The summed E-state index contributed by atoms with van der Waals surface area (Å²) in [5.41, 5.74) is 1.94. The van der Waals surface area contributed by atoms with E-state index < -0.39 is 9.84 Å². The number of sulfone groups is 1. The van der Waals surface area contributed by atoms with Gasteiger partial charge in [-0.15, -0.1) is 0 Å². The van der Waals surface area contributed by atoms with Crippen molar-refractivity contribution in [1.82, 2.24) is 0 Å². The van der Waals surface area contributed by atoms with E-state index in [1.807, 2.05) is 45.1 Å². The van der Waals surface area contributed by atoms with E-state index in [0.717, 1.165) is 22.6 Å². The number of allylic oxidation sites excluding steroid dienone is 1. The van der Waals surface area contributed by atoms with Gasteiger partial charge in [-0.1, -0.05) is 29.5 Å². The molecule has 0 unspecified atom stereocenters. The van der Waals surface area contributed by atoms with Gasteiger partial charge in [0, 0.05) is 0 Å². The largest absolute Gasteiger partial charge is 0.490 e. The van der Waals surface area contributed by atoms with Crippen molar-refractivity contribution in [3.05, 3.63) is 47.6 Å². The zero-order chi connectivity index (χ0) is 19.4. The first-order valence-electron chi connectivity index (χ1n) is 8.28. The third-order valence-electron chi connectivity index (χ3n) is 3.36. The van der Waals surface area contributed by atoms with Gasteiger partial charge in [-0.3, -0.25) is 0 Å². The van der Waals surface area contributed by atoms with Crippen molar-refractivity contribution in [2.45, 2.75) is 20.8 Å². The van der Waals surface area contributed by atoms with Crippen molar-refractivity contribution in [2.24, 2.45) is 5.16 Å². The van der Waals surface area contributed by atoms with Crippen LogP contribution >= 0.6 is 0 Å². The highest BCUT2D eigenvalue weighted by atomic mass is 32.2. The lowest BCUT2D eigenvalue weighted by molar-refractivity contribution is 0.215. The Kier molecular flexibility index (Phi) is 9.51. The molecule has 0 heterocycles. The highest BCUT2D eigenvalue weighted by molar-refractivity contribution is 7.92. The van der Waals surface area contributed by atoms with E-state index >= 15 is 0 Å². The van der Waals surface area contributed by atoms with Gasteiger partial charge < -0.3 is 14.3 Å². The fraction of sp³-hybridized carbons (Fsp3) is 0.421. The highest BCUT2D eigenvalue weighted by Crippen LogP contribution is 2.28. The predicted octanol–water partition coefficient (Wildman–Crippen LogP) is 3.24. The Hall–Kier alpha value is -2.28. The first-order chi connectivity index (χ1) is 12.4. The maximum atomic E-state index is 11.7. The van der Waals surface area contributed by atoms with E-state index in [0.29, 0.717) is 13.2 Å². The van der Waals surface area contributed by atoms with Gasteiger partial charge in [-0.2, -0.15) is 0 Å². The average Bonchev–Trinajstić information content (AvgIpc) is 2.57. The molecular formula is C19H27NO5S. The molecule has 0 aliphatic heterocycles. The third-order valence-corrected chi connectivity index (χ3v) is 4.72. The number of nitrogens with zero attached hydrogens (tertiary/aromatic N) is 1. The zero-order valence-electron chi connectivity index (χ0n) is 15.8. The second kappa shape index (κ2) is 11.4.